The molecule has 0 unspecified atom stereocenters. The van der Waals surface area contributed by atoms with Crippen molar-refractivity contribution in [2.45, 2.75) is 31.6 Å². The minimum Gasteiger partial charge on any atom is -0.455 e. The number of nitrogens with one attached hydrogen (secondary N) is 2. The average molecular weight is 641 g/mol. The van der Waals surface area contributed by atoms with Crippen molar-refractivity contribution in [3.8, 4) is 22.7 Å². The van der Waals surface area contributed by atoms with Crippen molar-refractivity contribution < 1.29 is 22.0 Å². The molecule has 0 radical (unpaired) electrons. The number of imidazole rings is 1. The van der Waals surface area contributed by atoms with Crippen LogP contribution in [0, 0.1) is 5.82 Å². The molecule has 11 heteroatoms. The van der Waals surface area contributed by atoms with Crippen LogP contribution in [0.15, 0.2) is 50.0 Å². The lowest BCUT2D eigenvalue weighted by atomic mass is 10.0. The van der Waals surface area contributed by atoms with Crippen LogP contribution >= 0.6 is 31.9 Å². The Bertz CT molecular complexity index is 1480. The van der Waals surface area contributed by atoms with Gasteiger partial charge in [-0.2, -0.15) is 0 Å². The van der Waals surface area contributed by atoms with E-state index in [1.165, 1.54) is 25.0 Å². The van der Waals surface area contributed by atoms with E-state index in [0.29, 0.717) is 43.5 Å². The Morgan fingerprint density at radius 1 is 1.11 bits per heavy atom. The van der Waals surface area contributed by atoms with Crippen molar-refractivity contribution in [2.75, 3.05) is 24.2 Å². The first-order valence-electron chi connectivity index (χ1n) is 11.5. The fraction of sp³-hybridized carbons (Fsp3) is 0.320. The molecule has 1 aliphatic heterocycles. The first kappa shape index (κ1) is 25.4. The normalized spacial score (nSPS) is 15.7. The molecule has 4 aromatic rings. The third-order valence-corrected chi connectivity index (χ3v) is 8.23. The van der Waals surface area contributed by atoms with Crippen LogP contribution in [-0.2, 0) is 14.8 Å². The van der Waals surface area contributed by atoms with Crippen LogP contribution in [0.4, 0.5) is 10.1 Å². The molecular weight excluding hydrogens is 617 g/mol. The van der Waals surface area contributed by atoms with Gasteiger partial charge in [0.2, 0.25) is 10.0 Å². The first-order valence-corrected chi connectivity index (χ1v) is 15.0. The van der Waals surface area contributed by atoms with Crippen LogP contribution in [0.1, 0.15) is 37.2 Å². The molecular formula is C25H24Br2FN3O4S. The van der Waals surface area contributed by atoms with Crippen LogP contribution in [0.25, 0.3) is 33.7 Å². The zero-order chi connectivity index (χ0) is 25.4. The van der Waals surface area contributed by atoms with Crippen molar-refractivity contribution >= 4 is 58.5 Å². The Morgan fingerprint density at radius 3 is 2.33 bits per heavy atom. The Morgan fingerprint density at radius 2 is 1.81 bits per heavy atom. The predicted octanol–water partition coefficient (Wildman–Crippen LogP) is 7.20. The lowest BCUT2D eigenvalue weighted by Gasteiger charge is -2.10. The number of furan rings is 1. The number of rotatable bonds is 5. The van der Waals surface area contributed by atoms with Gasteiger partial charge in [0.05, 0.1) is 17.5 Å². The van der Waals surface area contributed by atoms with Crippen molar-refractivity contribution in [2.24, 2.45) is 0 Å². The quantitative estimate of drug-likeness (QED) is 0.240. The van der Waals surface area contributed by atoms with Crippen molar-refractivity contribution in [3.05, 3.63) is 57.0 Å². The van der Waals surface area contributed by atoms with E-state index in [-0.39, 0.29) is 5.82 Å². The highest BCUT2D eigenvalue weighted by Gasteiger charge is 2.30. The Labute approximate surface area is 225 Å². The second-order valence-corrected chi connectivity index (χ2v) is 12.2. The number of hydrogen-bond donors (Lipinski definition) is 2. The van der Waals surface area contributed by atoms with Crippen LogP contribution < -0.4 is 4.72 Å². The van der Waals surface area contributed by atoms with E-state index in [0.717, 1.165) is 48.8 Å². The van der Waals surface area contributed by atoms with Gasteiger partial charge >= 0.3 is 0 Å². The summed E-state index contributed by atoms with van der Waals surface area (Å²) in [7, 11) is -3.45. The second kappa shape index (κ2) is 10.3. The largest absolute Gasteiger partial charge is 0.455 e. The number of hydrogen-bond acceptors (Lipinski definition) is 5. The molecule has 1 aliphatic carbocycles. The van der Waals surface area contributed by atoms with Crippen molar-refractivity contribution in [3.63, 3.8) is 0 Å². The van der Waals surface area contributed by atoms with Gasteiger partial charge in [0.1, 0.15) is 32.2 Å². The molecule has 7 nitrogen and oxygen atoms in total. The van der Waals surface area contributed by atoms with Gasteiger partial charge < -0.3 is 14.1 Å². The molecule has 2 aromatic carbocycles. The topological polar surface area (TPSA) is 97.2 Å². The highest BCUT2D eigenvalue weighted by molar-refractivity contribution is 9.13. The maximum absolute atomic E-state index is 13.5. The van der Waals surface area contributed by atoms with E-state index in [9.17, 15) is 12.8 Å². The van der Waals surface area contributed by atoms with Gasteiger partial charge in [-0.15, -0.1) is 0 Å². The molecule has 0 bridgehead atoms. The number of ether oxygens (including phenoxy) is 1. The molecule has 0 atom stereocenters. The SMILES string of the molecule is C1CCOC1.CS(=O)(=O)Nc1cc2oc(-c3ccc(F)cc3)c(-c3nc(Br)c(Br)[nH]3)c2cc1C1CC1. The van der Waals surface area contributed by atoms with Crippen LogP contribution in [0.3, 0.4) is 0 Å². The Hall–Kier alpha value is -2.21. The molecule has 36 heavy (non-hydrogen) atoms. The third-order valence-electron chi connectivity index (χ3n) is 5.96. The molecule has 190 valence electrons. The van der Waals surface area contributed by atoms with E-state index in [1.807, 2.05) is 6.07 Å². The highest BCUT2D eigenvalue weighted by Crippen LogP contribution is 2.48. The summed E-state index contributed by atoms with van der Waals surface area (Å²) in [5.41, 5.74) is 3.36. The number of nitrogens with zero attached hydrogens (tertiary/aromatic N) is 1. The highest BCUT2D eigenvalue weighted by atomic mass is 79.9. The van der Waals surface area contributed by atoms with E-state index in [4.69, 9.17) is 9.15 Å². The summed E-state index contributed by atoms with van der Waals surface area (Å²) in [6.45, 7) is 2.00. The second-order valence-electron chi connectivity index (χ2n) is 8.91. The number of benzene rings is 2. The summed E-state index contributed by atoms with van der Waals surface area (Å²) in [6.07, 6.45) is 5.68. The maximum atomic E-state index is 13.5. The molecule has 1 saturated carbocycles. The summed E-state index contributed by atoms with van der Waals surface area (Å²) in [6, 6.07) is 9.70. The van der Waals surface area contributed by atoms with Crippen molar-refractivity contribution in [1.82, 2.24) is 9.97 Å². The van der Waals surface area contributed by atoms with Crippen LogP contribution in [-0.4, -0.2) is 37.9 Å². The fourth-order valence-corrected chi connectivity index (χ4v) is 5.31. The molecule has 2 aromatic heterocycles. The molecule has 0 amide bonds. The lowest BCUT2D eigenvalue weighted by molar-refractivity contribution is 0.198. The number of aromatic nitrogens is 2. The zero-order valence-corrected chi connectivity index (χ0v) is 23.4. The number of sulfonamides is 1. The Balaban J connectivity index is 0.000000477. The van der Waals surface area contributed by atoms with E-state index < -0.39 is 10.0 Å². The van der Waals surface area contributed by atoms with Crippen LogP contribution in [0.5, 0.6) is 0 Å². The lowest BCUT2D eigenvalue weighted by Crippen LogP contribution is -2.11. The van der Waals surface area contributed by atoms with Gasteiger partial charge in [0, 0.05) is 30.2 Å². The van der Waals surface area contributed by atoms with Gasteiger partial charge in [-0.25, -0.2) is 17.8 Å². The summed E-state index contributed by atoms with van der Waals surface area (Å²) in [5.74, 6) is 1.03. The smallest absolute Gasteiger partial charge is 0.229 e. The maximum Gasteiger partial charge on any atom is 0.229 e. The zero-order valence-electron chi connectivity index (χ0n) is 19.4. The molecule has 1 saturated heterocycles. The minimum atomic E-state index is -3.45. The minimum absolute atomic E-state index is 0.292. The van der Waals surface area contributed by atoms with Crippen molar-refractivity contribution in [1.29, 1.82) is 0 Å². The van der Waals surface area contributed by atoms with Crippen LogP contribution in [0.2, 0.25) is 0 Å². The number of H-pyrrole nitrogens is 1. The molecule has 2 N–H and O–H groups in total. The van der Waals surface area contributed by atoms with Gasteiger partial charge in [0.25, 0.3) is 0 Å². The number of aromatic amines is 1. The number of anilines is 1. The van der Waals surface area contributed by atoms with Gasteiger partial charge in [-0.3, -0.25) is 4.72 Å². The number of halogens is 3. The summed E-state index contributed by atoms with van der Waals surface area (Å²) < 4.78 is 52.4. The van der Waals surface area contributed by atoms with Gasteiger partial charge in [0.15, 0.2) is 0 Å². The monoisotopic (exact) mass is 639 g/mol. The molecule has 2 fully saturated rings. The van der Waals surface area contributed by atoms with E-state index in [2.05, 4.69) is 46.5 Å². The fourth-order valence-electron chi connectivity index (χ4n) is 4.18. The van der Waals surface area contributed by atoms with Gasteiger partial charge in [-0.1, -0.05) is 0 Å². The summed E-state index contributed by atoms with van der Waals surface area (Å²) in [5, 5.41) is 0.800. The molecule has 2 aliphatic rings. The number of fused-ring (bicyclic) bond motifs is 1. The molecule has 0 spiro atoms. The predicted molar refractivity (Wildman–Crippen MR) is 145 cm³/mol. The summed E-state index contributed by atoms with van der Waals surface area (Å²) >= 11 is 6.83. The van der Waals surface area contributed by atoms with E-state index in [1.54, 1.807) is 18.2 Å². The molecule has 6 rings (SSSR count). The third kappa shape index (κ3) is 5.69. The molecule has 3 heterocycles. The Kier molecular flexibility index (Phi) is 7.26. The summed E-state index contributed by atoms with van der Waals surface area (Å²) in [4.78, 5) is 7.74. The standard InChI is InChI=1S/C21H16Br2FN3O3S.C4H8O/c1-31(28,29)27-15-9-16-14(8-13(15)10-2-3-10)17(21-25-19(22)20(23)26-21)18(30-16)11-4-6-12(24)7-5-11;1-2-4-5-3-1/h4-10,27H,2-3H2,1H3,(H,25,26);1-4H2. The first-order chi connectivity index (χ1) is 17.2. The van der Waals surface area contributed by atoms with Gasteiger partial charge in [-0.05, 0) is 99.4 Å². The average Bonchev–Trinajstić information content (AvgIpc) is 3.18. The van der Waals surface area contributed by atoms with E-state index >= 15 is 0 Å².